The molecule has 0 saturated heterocycles. The van der Waals surface area contributed by atoms with Gasteiger partial charge in [-0.1, -0.05) is 12.1 Å². The highest BCUT2D eigenvalue weighted by atomic mass is 79.9. The topological polar surface area (TPSA) is 29.3 Å². The predicted octanol–water partition coefficient (Wildman–Crippen LogP) is 3.77. The fraction of sp³-hybridized carbons (Fsp3) is 0.286. The van der Waals surface area contributed by atoms with E-state index in [1.165, 1.54) is 14.9 Å². The Morgan fingerprint density at radius 1 is 1.28 bits per heavy atom. The minimum absolute atomic E-state index is 0.829. The molecule has 0 saturated carbocycles. The van der Waals surface area contributed by atoms with Crippen LogP contribution in [0.3, 0.4) is 0 Å². The van der Waals surface area contributed by atoms with Crippen molar-refractivity contribution >= 4 is 33.0 Å². The van der Waals surface area contributed by atoms with E-state index in [-0.39, 0.29) is 0 Å². The number of likely N-dealkylation sites (N-methyl/N-ethyl adjacent to an activating group) is 1. The van der Waals surface area contributed by atoms with Crippen molar-refractivity contribution < 1.29 is 0 Å². The normalized spacial score (nSPS) is 11.1. The first-order chi connectivity index (χ1) is 8.63. The van der Waals surface area contributed by atoms with E-state index in [0.717, 1.165) is 25.2 Å². The van der Waals surface area contributed by atoms with Crippen molar-refractivity contribution in [3.05, 3.63) is 50.6 Å². The lowest BCUT2D eigenvalue weighted by Crippen LogP contribution is -2.20. The maximum absolute atomic E-state index is 5.67. The molecule has 18 heavy (non-hydrogen) atoms. The molecule has 0 spiro atoms. The number of hydrogen-bond donors (Lipinski definition) is 1. The van der Waals surface area contributed by atoms with E-state index in [9.17, 15) is 0 Å². The second-order valence-corrected chi connectivity index (χ2v) is 6.37. The maximum atomic E-state index is 5.67. The van der Waals surface area contributed by atoms with E-state index in [1.54, 1.807) is 11.3 Å². The zero-order valence-corrected chi connectivity index (χ0v) is 12.8. The summed E-state index contributed by atoms with van der Waals surface area (Å²) in [6.07, 6.45) is 1.06. The standard InChI is InChI=1S/C14H17BrN2S/c1-17(9-14-8-12(15)10-18-14)7-6-11-2-4-13(16)5-3-11/h2-5,8,10H,6-7,9,16H2,1H3. The van der Waals surface area contributed by atoms with Crippen LogP contribution in [0.15, 0.2) is 40.2 Å². The smallest absolute Gasteiger partial charge is 0.0325 e. The van der Waals surface area contributed by atoms with Gasteiger partial charge in [-0.25, -0.2) is 0 Å². The van der Waals surface area contributed by atoms with Gasteiger partial charge < -0.3 is 10.6 Å². The summed E-state index contributed by atoms with van der Waals surface area (Å²) in [7, 11) is 2.16. The van der Waals surface area contributed by atoms with Crippen LogP contribution in [-0.4, -0.2) is 18.5 Å². The van der Waals surface area contributed by atoms with Crippen LogP contribution >= 0.6 is 27.3 Å². The number of thiophene rings is 1. The molecule has 0 aliphatic rings. The molecule has 0 atom stereocenters. The summed E-state index contributed by atoms with van der Waals surface area (Å²) in [4.78, 5) is 3.73. The summed E-state index contributed by atoms with van der Waals surface area (Å²) < 4.78 is 1.18. The van der Waals surface area contributed by atoms with Crippen LogP contribution < -0.4 is 5.73 Å². The van der Waals surface area contributed by atoms with E-state index >= 15 is 0 Å². The van der Waals surface area contributed by atoms with Gasteiger partial charge in [-0.2, -0.15) is 0 Å². The predicted molar refractivity (Wildman–Crippen MR) is 82.9 cm³/mol. The zero-order valence-electron chi connectivity index (χ0n) is 10.4. The summed E-state index contributed by atoms with van der Waals surface area (Å²) in [6.45, 7) is 2.06. The highest BCUT2D eigenvalue weighted by molar-refractivity contribution is 9.10. The molecule has 0 unspecified atom stereocenters. The van der Waals surface area contributed by atoms with E-state index in [4.69, 9.17) is 5.73 Å². The first-order valence-electron chi connectivity index (χ1n) is 5.89. The Kier molecular flexibility index (Phi) is 4.80. The third-order valence-corrected chi connectivity index (χ3v) is 4.49. The molecular weight excluding hydrogens is 308 g/mol. The Morgan fingerprint density at radius 2 is 2.00 bits per heavy atom. The van der Waals surface area contributed by atoms with Gasteiger partial charge in [0.25, 0.3) is 0 Å². The van der Waals surface area contributed by atoms with Crippen molar-refractivity contribution in [2.45, 2.75) is 13.0 Å². The monoisotopic (exact) mass is 324 g/mol. The third kappa shape index (κ3) is 4.12. The molecule has 2 rings (SSSR count). The molecule has 96 valence electrons. The Balaban J connectivity index is 1.81. The van der Waals surface area contributed by atoms with Gasteiger partial charge in [0.2, 0.25) is 0 Å². The maximum Gasteiger partial charge on any atom is 0.0325 e. The largest absolute Gasteiger partial charge is 0.399 e. The molecule has 0 aliphatic carbocycles. The molecule has 4 heteroatoms. The van der Waals surface area contributed by atoms with E-state index in [0.29, 0.717) is 0 Å². The fourth-order valence-corrected chi connectivity index (χ4v) is 3.32. The molecule has 2 N–H and O–H groups in total. The van der Waals surface area contributed by atoms with Crippen LogP contribution in [0.25, 0.3) is 0 Å². The second-order valence-electron chi connectivity index (χ2n) is 4.46. The van der Waals surface area contributed by atoms with Gasteiger partial charge in [0.15, 0.2) is 0 Å². The Hall–Kier alpha value is -0.840. The van der Waals surface area contributed by atoms with Crippen molar-refractivity contribution in [1.82, 2.24) is 4.90 Å². The van der Waals surface area contributed by atoms with Crippen molar-refractivity contribution in [2.75, 3.05) is 19.3 Å². The quantitative estimate of drug-likeness (QED) is 0.848. The lowest BCUT2D eigenvalue weighted by molar-refractivity contribution is 0.334. The van der Waals surface area contributed by atoms with Gasteiger partial charge in [0.05, 0.1) is 0 Å². The molecule has 2 aromatic rings. The summed E-state index contributed by atoms with van der Waals surface area (Å²) >= 11 is 5.28. The Bertz CT molecular complexity index is 493. The van der Waals surface area contributed by atoms with Crippen molar-refractivity contribution in [2.24, 2.45) is 0 Å². The van der Waals surface area contributed by atoms with Crippen LogP contribution in [0.2, 0.25) is 0 Å². The first kappa shape index (κ1) is 13.6. The summed E-state index contributed by atoms with van der Waals surface area (Å²) in [5.41, 5.74) is 7.84. The molecule has 1 aromatic heterocycles. The summed E-state index contributed by atoms with van der Waals surface area (Å²) in [5.74, 6) is 0. The minimum Gasteiger partial charge on any atom is -0.399 e. The van der Waals surface area contributed by atoms with Gasteiger partial charge in [-0.05, 0) is 53.2 Å². The van der Waals surface area contributed by atoms with E-state index in [2.05, 4.69) is 51.5 Å². The lowest BCUT2D eigenvalue weighted by Gasteiger charge is -2.15. The number of anilines is 1. The van der Waals surface area contributed by atoms with Crippen molar-refractivity contribution in [3.63, 3.8) is 0 Å². The Labute approximate surface area is 121 Å². The van der Waals surface area contributed by atoms with Crippen LogP contribution in [0.4, 0.5) is 5.69 Å². The first-order valence-corrected chi connectivity index (χ1v) is 7.56. The number of rotatable bonds is 5. The molecular formula is C14H17BrN2S. The molecule has 0 radical (unpaired) electrons. The van der Waals surface area contributed by atoms with Gasteiger partial charge in [0, 0.05) is 33.5 Å². The molecule has 0 bridgehead atoms. The average molecular weight is 325 g/mol. The molecule has 0 fully saturated rings. The third-order valence-electron chi connectivity index (χ3n) is 2.81. The second kappa shape index (κ2) is 6.36. The van der Waals surface area contributed by atoms with Crippen LogP contribution in [0, 0.1) is 0 Å². The van der Waals surface area contributed by atoms with Crippen LogP contribution in [0.5, 0.6) is 0 Å². The summed E-state index contributed by atoms with van der Waals surface area (Å²) in [5, 5.41) is 2.13. The number of hydrogen-bond acceptors (Lipinski definition) is 3. The van der Waals surface area contributed by atoms with E-state index < -0.39 is 0 Å². The number of nitrogens with two attached hydrogens (primary N) is 1. The highest BCUT2D eigenvalue weighted by Crippen LogP contribution is 2.20. The lowest BCUT2D eigenvalue weighted by atomic mass is 10.1. The molecule has 2 nitrogen and oxygen atoms in total. The van der Waals surface area contributed by atoms with Crippen LogP contribution in [0.1, 0.15) is 10.4 Å². The molecule has 1 heterocycles. The van der Waals surface area contributed by atoms with Crippen LogP contribution in [-0.2, 0) is 13.0 Å². The van der Waals surface area contributed by atoms with Gasteiger partial charge in [-0.3, -0.25) is 0 Å². The minimum atomic E-state index is 0.829. The number of benzene rings is 1. The fourth-order valence-electron chi connectivity index (χ4n) is 1.79. The van der Waals surface area contributed by atoms with Crippen molar-refractivity contribution in [1.29, 1.82) is 0 Å². The molecule has 0 amide bonds. The number of nitrogens with zero attached hydrogens (tertiary/aromatic N) is 1. The number of halogens is 1. The molecule has 1 aromatic carbocycles. The highest BCUT2D eigenvalue weighted by Gasteiger charge is 2.03. The van der Waals surface area contributed by atoms with E-state index in [1.807, 2.05) is 12.1 Å². The average Bonchev–Trinajstić information content (AvgIpc) is 2.74. The SMILES string of the molecule is CN(CCc1ccc(N)cc1)Cc1cc(Br)cs1. The van der Waals surface area contributed by atoms with Gasteiger partial charge >= 0.3 is 0 Å². The van der Waals surface area contributed by atoms with Gasteiger partial charge in [0.1, 0.15) is 0 Å². The summed E-state index contributed by atoms with van der Waals surface area (Å²) in [6, 6.07) is 10.3. The zero-order chi connectivity index (χ0) is 13.0. The van der Waals surface area contributed by atoms with Crippen molar-refractivity contribution in [3.8, 4) is 0 Å². The van der Waals surface area contributed by atoms with Gasteiger partial charge in [-0.15, -0.1) is 11.3 Å². The Morgan fingerprint density at radius 3 is 2.61 bits per heavy atom. The number of nitrogen functional groups attached to an aromatic ring is 1. The molecule has 0 aliphatic heterocycles.